The lowest BCUT2D eigenvalue weighted by molar-refractivity contribution is 0.0934. The number of nitrogens with one attached hydrogen (secondary N) is 1. The second-order valence-electron chi connectivity index (χ2n) is 10.1. The quantitative estimate of drug-likeness (QED) is 0.224. The van der Waals surface area contributed by atoms with Crippen molar-refractivity contribution in [1.82, 2.24) is 15.2 Å². The summed E-state index contributed by atoms with van der Waals surface area (Å²) >= 11 is 12.3. The van der Waals surface area contributed by atoms with Crippen molar-refractivity contribution in [2.45, 2.75) is 25.8 Å². The number of pyridine rings is 1. The zero-order valence-electron chi connectivity index (χ0n) is 22.5. The Balaban J connectivity index is 1.09. The number of methoxy groups -OCH3 is 1. The molecule has 1 aromatic heterocycles. The highest BCUT2D eigenvalue weighted by Crippen LogP contribution is 2.29. The molecule has 8 heteroatoms. The van der Waals surface area contributed by atoms with Crippen molar-refractivity contribution in [3.05, 3.63) is 99.7 Å². The molecule has 0 spiro atoms. The molecule has 0 aliphatic carbocycles. The van der Waals surface area contributed by atoms with Gasteiger partial charge in [0, 0.05) is 40.5 Å². The number of benzene rings is 3. The molecule has 1 aliphatic rings. The zero-order chi connectivity index (χ0) is 27.9. The van der Waals surface area contributed by atoms with Crippen LogP contribution in [0.4, 0.5) is 0 Å². The van der Waals surface area contributed by atoms with Crippen LogP contribution >= 0.6 is 23.2 Å². The van der Waals surface area contributed by atoms with E-state index in [0.717, 1.165) is 49.2 Å². The number of amides is 1. The summed E-state index contributed by atoms with van der Waals surface area (Å²) in [5.41, 5.74) is 3.62. The molecule has 1 saturated heterocycles. The first-order chi connectivity index (χ1) is 19.5. The summed E-state index contributed by atoms with van der Waals surface area (Å²) in [5, 5.41) is 5.48. The Morgan fingerprint density at radius 3 is 2.62 bits per heavy atom. The minimum absolute atomic E-state index is 0.115. The maximum Gasteiger partial charge on any atom is 0.251 e. The van der Waals surface area contributed by atoms with Gasteiger partial charge in [-0.15, -0.1) is 0 Å². The van der Waals surface area contributed by atoms with E-state index >= 15 is 0 Å². The summed E-state index contributed by atoms with van der Waals surface area (Å²) in [5.74, 6) is 1.43. The van der Waals surface area contributed by atoms with Crippen molar-refractivity contribution < 1.29 is 14.3 Å². The van der Waals surface area contributed by atoms with Crippen LogP contribution < -0.4 is 14.8 Å². The topological polar surface area (TPSA) is 63.7 Å². The van der Waals surface area contributed by atoms with Gasteiger partial charge in [-0.05, 0) is 79.9 Å². The highest BCUT2D eigenvalue weighted by atomic mass is 35.5. The van der Waals surface area contributed by atoms with Crippen molar-refractivity contribution in [1.29, 1.82) is 0 Å². The molecule has 0 unspecified atom stereocenters. The predicted molar refractivity (Wildman–Crippen MR) is 161 cm³/mol. The van der Waals surface area contributed by atoms with Gasteiger partial charge >= 0.3 is 0 Å². The Bertz CT molecular complexity index is 1470. The van der Waals surface area contributed by atoms with E-state index in [2.05, 4.69) is 34.5 Å². The van der Waals surface area contributed by atoms with Crippen molar-refractivity contribution in [2.75, 3.05) is 33.4 Å². The Labute approximate surface area is 245 Å². The molecule has 1 aliphatic heterocycles. The van der Waals surface area contributed by atoms with Crippen LogP contribution in [0.2, 0.25) is 10.0 Å². The van der Waals surface area contributed by atoms with Gasteiger partial charge in [0.15, 0.2) is 11.5 Å². The molecule has 0 atom stereocenters. The van der Waals surface area contributed by atoms with Gasteiger partial charge in [0.2, 0.25) is 0 Å². The Morgan fingerprint density at radius 1 is 1.00 bits per heavy atom. The summed E-state index contributed by atoms with van der Waals surface area (Å²) in [6.07, 6.45) is 2.68. The van der Waals surface area contributed by atoms with Gasteiger partial charge in [-0.3, -0.25) is 14.7 Å². The molecule has 5 rings (SSSR count). The summed E-state index contributed by atoms with van der Waals surface area (Å²) in [4.78, 5) is 20.2. The number of nitrogens with zero attached hydrogens (tertiary/aromatic N) is 2. The first kappa shape index (κ1) is 28.2. The van der Waals surface area contributed by atoms with E-state index < -0.39 is 0 Å². The van der Waals surface area contributed by atoms with Gasteiger partial charge in [0.25, 0.3) is 5.91 Å². The van der Waals surface area contributed by atoms with E-state index in [4.69, 9.17) is 37.7 Å². The largest absolute Gasteiger partial charge is 0.493 e. The molecule has 1 amide bonds. The van der Waals surface area contributed by atoms with E-state index in [9.17, 15) is 4.79 Å². The molecule has 40 heavy (non-hydrogen) atoms. The average Bonchev–Trinajstić information content (AvgIpc) is 2.97. The number of para-hydroxylation sites is 1. The van der Waals surface area contributed by atoms with E-state index in [1.807, 2.05) is 18.2 Å². The highest BCUT2D eigenvalue weighted by Gasteiger charge is 2.21. The predicted octanol–water partition coefficient (Wildman–Crippen LogP) is 6.81. The van der Waals surface area contributed by atoms with Crippen molar-refractivity contribution >= 4 is 40.0 Å². The smallest absolute Gasteiger partial charge is 0.251 e. The lowest BCUT2D eigenvalue weighted by Gasteiger charge is -2.31. The summed E-state index contributed by atoms with van der Waals surface area (Å²) in [6.45, 7) is 3.87. The number of hydrogen-bond acceptors (Lipinski definition) is 5. The molecule has 1 N–H and O–H groups in total. The second kappa shape index (κ2) is 13.4. The van der Waals surface area contributed by atoms with Crippen molar-refractivity contribution in [2.24, 2.45) is 5.92 Å². The highest BCUT2D eigenvalue weighted by molar-refractivity contribution is 6.35. The third-order valence-electron chi connectivity index (χ3n) is 7.37. The molecule has 1 fully saturated rings. The molecule has 0 radical (unpaired) electrons. The van der Waals surface area contributed by atoms with Crippen LogP contribution in [0.5, 0.6) is 11.5 Å². The number of carbonyl (C=O) groups is 1. The Kier molecular flexibility index (Phi) is 9.42. The maximum atomic E-state index is 13.0. The summed E-state index contributed by atoms with van der Waals surface area (Å²) < 4.78 is 11.4. The first-order valence-corrected chi connectivity index (χ1v) is 14.3. The fourth-order valence-corrected chi connectivity index (χ4v) is 5.54. The van der Waals surface area contributed by atoms with Gasteiger partial charge in [-0.2, -0.15) is 0 Å². The molecule has 0 bridgehead atoms. The third kappa shape index (κ3) is 7.25. The van der Waals surface area contributed by atoms with Crippen LogP contribution in [0.15, 0.2) is 72.8 Å². The first-order valence-electron chi connectivity index (χ1n) is 13.6. The van der Waals surface area contributed by atoms with Gasteiger partial charge < -0.3 is 14.8 Å². The number of likely N-dealkylation sites (tertiary alicyclic amines) is 1. The number of rotatable bonds is 10. The van der Waals surface area contributed by atoms with Crippen LogP contribution in [-0.2, 0) is 13.0 Å². The van der Waals surface area contributed by atoms with Crippen molar-refractivity contribution in [3.63, 3.8) is 0 Å². The number of piperidine rings is 1. The normalized spacial score (nSPS) is 14.3. The molecule has 0 saturated carbocycles. The van der Waals surface area contributed by atoms with E-state index in [1.54, 1.807) is 37.4 Å². The molecule has 208 valence electrons. The van der Waals surface area contributed by atoms with Crippen LogP contribution in [-0.4, -0.2) is 49.1 Å². The lowest BCUT2D eigenvalue weighted by Crippen LogP contribution is -2.38. The van der Waals surface area contributed by atoms with Crippen LogP contribution in [0.1, 0.15) is 34.5 Å². The van der Waals surface area contributed by atoms with Crippen LogP contribution in [0.25, 0.3) is 10.9 Å². The maximum absolute atomic E-state index is 13.0. The Morgan fingerprint density at radius 2 is 1.82 bits per heavy atom. The van der Waals surface area contributed by atoms with E-state index in [1.165, 1.54) is 5.39 Å². The van der Waals surface area contributed by atoms with E-state index in [-0.39, 0.29) is 5.91 Å². The van der Waals surface area contributed by atoms with Crippen LogP contribution in [0, 0.1) is 5.92 Å². The number of fused-ring (bicyclic) bond motifs is 1. The lowest BCUT2D eigenvalue weighted by atomic mass is 9.96. The van der Waals surface area contributed by atoms with E-state index in [0.29, 0.717) is 52.6 Å². The summed E-state index contributed by atoms with van der Waals surface area (Å²) in [6, 6.07) is 23.1. The fourth-order valence-electron chi connectivity index (χ4n) is 5.04. The number of hydrogen-bond donors (Lipinski definition) is 1. The third-order valence-corrected chi connectivity index (χ3v) is 7.96. The standard InChI is InChI=1S/C32H33Cl2N3O3/c1-39-30-11-8-25(18-31(30)40-17-14-23-6-9-26(33)19-28(23)34)32(38)35-20-22-12-15-37(16-13-22)21-27-10-7-24-4-2-3-5-29(24)36-27/h2-11,18-19,22H,12-17,20-21H2,1H3,(H,35,38). The minimum atomic E-state index is -0.115. The molecule has 3 aromatic carbocycles. The molecule has 6 nitrogen and oxygen atoms in total. The van der Waals surface area contributed by atoms with Gasteiger partial charge in [0.05, 0.1) is 24.9 Å². The average molecular weight is 579 g/mol. The van der Waals surface area contributed by atoms with Crippen LogP contribution in [0.3, 0.4) is 0 Å². The SMILES string of the molecule is COc1ccc(C(=O)NCC2CCN(Cc3ccc4ccccc4n3)CC2)cc1OCCc1ccc(Cl)cc1Cl. The number of halogens is 2. The number of aromatic nitrogens is 1. The molecular weight excluding hydrogens is 545 g/mol. The molecule has 2 heterocycles. The van der Waals surface area contributed by atoms with Gasteiger partial charge in [-0.25, -0.2) is 0 Å². The second-order valence-corrected chi connectivity index (χ2v) is 11.0. The molecular formula is C32H33Cl2N3O3. The zero-order valence-corrected chi connectivity index (χ0v) is 24.0. The number of carbonyl (C=O) groups excluding carboxylic acids is 1. The molecule has 4 aromatic rings. The van der Waals surface area contributed by atoms with Gasteiger partial charge in [0.1, 0.15) is 0 Å². The van der Waals surface area contributed by atoms with Crippen molar-refractivity contribution in [3.8, 4) is 11.5 Å². The minimum Gasteiger partial charge on any atom is -0.493 e. The fraction of sp³-hybridized carbons (Fsp3) is 0.312. The Hall–Kier alpha value is -3.32. The van der Waals surface area contributed by atoms with Gasteiger partial charge in [-0.1, -0.05) is 53.5 Å². The summed E-state index contributed by atoms with van der Waals surface area (Å²) in [7, 11) is 1.58. The number of ether oxygens (including phenoxy) is 2. The monoisotopic (exact) mass is 577 g/mol.